The van der Waals surface area contributed by atoms with Crippen LogP contribution in [0.4, 0.5) is 0 Å². The minimum Gasteiger partial charge on any atom is -0.497 e. The van der Waals surface area contributed by atoms with Crippen molar-refractivity contribution in [2.45, 2.75) is 26.3 Å². The van der Waals surface area contributed by atoms with Crippen LogP contribution in [0, 0.1) is 0 Å². The van der Waals surface area contributed by atoms with Crippen LogP contribution in [0.25, 0.3) is 0 Å². The molecule has 0 radical (unpaired) electrons. The lowest BCUT2D eigenvalue weighted by Gasteiger charge is -2.33. The van der Waals surface area contributed by atoms with Crippen LogP contribution in [0.5, 0.6) is 5.75 Å². The zero-order valence-electron chi connectivity index (χ0n) is 10.5. The SMILES string of the molecule is COc1cccc(C(=O)N(NCl)C(C)(C)C)c1. The molecule has 0 saturated heterocycles. The van der Waals surface area contributed by atoms with E-state index in [1.54, 1.807) is 31.4 Å². The Morgan fingerprint density at radius 2 is 2.06 bits per heavy atom. The molecule has 5 heteroatoms. The molecule has 1 rings (SSSR count). The van der Waals surface area contributed by atoms with E-state index in [1.807, 2.05) is 20.8 Å². The minimum absolute atomic E-state index is 0.202. The average Bonchev–Trinajstić information content (AvgIpc) is 2.28. The number of hydrogen-bond acceptors (Lipinski definition) is 3. The molecule has 0 fully saturated rings. The molecule has 0 aromatic heterocycles. The Morgan fingerprint density at radius 3 is 2.53 bits per heavy atom. The first kappa shape index (κ1) is 13.8. The highest BCUT2D eigenvalue weighted by Crippen LogP contribution is 2.18. The van der Waals surface area contributed by atoms with Crippen LogP contribution in [0.2, 0.25) is 0 Å². The van der Waals surface area contributed by atoms with Gasteiger partial charge in [-0.2, -0.15) is 0 Å². The number of benzene rings is 1. The molecule has 0 unspecified atom stereocenters. The van der Waals surface area contributed by atoms with E-state index in [1.165, 1.54) is 5.01 Å². The van der Waals surface area contributed by atoms with Gasteiger partial charge in [0.2, 0.25) is 0 Å². The molecular formula is C12H17ClN2O2. The lowest BCUT2D eigenvalue weighted by molar-refractivity contribution is 0.0515. The highest BCUT2D eigenvalue weighted by atomic mass is 35.5. The van der Waals surface area contributed by atoms with E-state index < -0.39 is 5.54 Å². The van der Waals surface area contributed by atoms with Gasteiger partial charge in [0.1, 0.15) is 5.75 Å². The average molecular weight is 257 g/mol. The van der Waals surface area contributed by atoms with E-state index in [4.69, 9.17) is 16.5 Å². The Balaban J connectivity index is 3.02. The number of rotatable bonds is 3. The van der Waals surface area contributed by atoms with Crippen LogP contribution in [0.1, 0.15) is 31.1 Å². The summed E-state index contributed by atoms with van der Waals surface area (Å²) in [5.41, 5.74) is 0.106. The summed E-state index contributed by atoms with van der Waals surface area (Å²) in [6, 6.07) is 6.95. The maximum absolute atomic E-state index is 12.2. The Morgan fingerprint density at radius 1 is 1.41 bits per heavy atom. The summed E-state index contributed by atoms with van der Waals surface area (Å²) in [7, 11) is 1.56. The van der Waals surface area contributed by atoms with E-state index in [0.29, 0.717) is 11.3 Å². The maximum Gasteiger partial charge on any atom is 0.269 e. The van der Waals surface area contributed by atoms with Crippen molar-refractivity contribution in [1.82, 2.24) is 9.95 Å². The van der Waals surface area contributed by atoms with E-state index >= 15 is 0 Å². The number of nitrogens with zero attached hydrogens (tertiary/aromatic N) is 1. The number of amides is 1. The van der Waals surface area contributed by atoms with E-state index in [9.17, 15) is 4.79 Å². The number of ether oxygens (including phenoxy) is 1. The van der Waals surface area contributed by atoms with Gasteiger partial charge in [-0.25, -0.2) is 0 Å². The molecule has 1 aromatic carbocycles. The van der Waals surface area contributed by atoms with Gasteiger partial charge in [0.15, 0.2) is 0 Å². The lowest BCUT2D eigenvalue weighted by Crippen LogP contribution is -2.50. The lowest BCUT2D eigenvalue weighted by atomic mass is 10.1. The van der Waals surface area contributed by atoms with Crippen molar-refractivity contribution in [1.29, 1.82) is 0 Å². The smallest absolute Gasteiger partial charge is 0.269 e. The Labute approximate surface area is 107 Å². The van der Waals surface area contributed by atoms with Gasteiger partial charge in [-0.1, -0.05) is 6.07 Å². The van der Waals surface area contributed by atoms with Crippen LogP contribution < -0.4 is 9.68 Å². The molecule has 0 spiro atoms. The predicted molar refractivity (Wildman–Crippen MR) is 67.9 cm³/mol. The summed E-state index contributed by atoms with van der Waals surface area (Å²) < 4.78 is 5.08. The zero-order valence-corrected chi connectivity index (χ0v) is 11.2. The molecule has 4 nitrogen and oxygen atoms in total. The summed E-state index contributed by atoms with van der Waals surface area (Å²) in [5.74, 6) is 0.436. The summed E-state index contributed by atoms with van der Waals surface area (Å²) in [5, 5.41) is 1.36. The second kappa shape index (κ2) is 5.38. The van der Waals surface area contributed by atoms with Gasteiger partial charge in [0.25, 0.3) is 5.91 Å². The number of methoxy groups -OCH3 is 1. The number of hydrazine groups is 1. The number of carbonyl (C=O) groups is 1. The van der Waals surface area contributed by atoms with Gasteiger partial charge in [-0.05, 0) is 50.7 Å². The first-order chi connectivity index (χ1) is 7.90. The molecule has 0 aliphatic heterocycles. The van der Waals surface area contributed by atoms with Crippen LogP contribution in [-0.2, 0) is 0 Å². The van der Waals surface area contributed by atoms with Gasteiger partial charge in [0, 0.05) is 5.56 Å². The van der Waals surface area contributed by atoms with Crippen molar-refractivity contribution in [2.75, 3.05) is 7.11 Å². The number of nitrogens with one attached hydrogen (secondary N) is 1. The third kappa shape index (κ3) is 3.35. The van der Waals surface area contributed by atoms with E-state index in [-0.39, 0.29) is 5.91 Å². The summed E-state index contributed by atoms with van der Waals surface area (Å²) in [6.07, 6.45) is 0. The Bertz CT molecular complexity index is 402. The zero-order chi connectivity index (χ0) is 13.1. The quantitative estimate of drug-likeness (QED) is 0.668. The summed E-state index contributed by atoms with van der Waals surface area (Å²) in [6.45, 7) is 5.67. The fourth-order valence-electron chi connectivity index (χ4n) is 1.35. The van der Waals surface area contributed by atoms with Gasteiger partial charge >= 0.3 is 0 Å². The summed E-state index contributed by atoms with van der Waals surface area (Å²) in [4.78, 5) is 14.6. The minimum atomic E-state index is -0.415. The largest absolute Gasteiger partial charge is 0.497 e. The molecule has 0 saturated carbocycles. The number of halogens is 1. The summed E-state index contributed by atoms with van der Waals surface area (Å²) >= 11 is 5.59. The third-order valence-electron chi connectivity index (χ3n) is 2.28. The molecular weight excluding hydrogens is 240 g/mol. The monoisotopic (exact) mass is 256 g/mol. The van der Waals surface area contributed by atoms with Crippen molar-refractivity contribution in [3.05, 3.63) is 29.8 Å². The number of hydrogen-bond donors (Lipinski definition) is 1. The fourth-order valence-corrected chi connectivity index (χ4v) is 1.69. The Hall–Kier alpha value is -1.26. The second-order valence-electron chi connectivity index (χ2n) is 4.63. The van der Waals surface area contributed by atoms with Gasteiger partial charge in [0.05, 0.1) is 12.6 Å². The molecule has 17 heavy (non-hydrogen) atoms. The predicted octanol–water partition coefficient (Wildman–Crippen LogP) is 2.59. The van der Waals surface area contributed by atoms with Crippen LogP contribution in [0.3, 0.4) is 0 Å². The standard InChI is InChI=1S/C12H17ClN2O2/c1-12(2,3)15(14-13)11(16)9-6-5-7-10(8-9)17-4/h5-8,14H,1-4H3. The molecule has 94 valence electrons. The fraction of sp³-hybridized carbons (Fsp3) is 0.417. The van der Waals surface area contributed by atoms with Gasteiger partial charge < -0.3 is 4.74 Å². The molecule has 0 atom stereocenters. The normalized spacial score (nSPS) is 11.1. The molecule has 0 bridgehead atoms. The first-order valence-corrected chi connectivity index (χ1v) is 5.63. The molecule has 1 amide bonds. The van der Waals surface area contributed by atoms with Crippen molar-refractivity contribution in [3.8, 4) is 5.75 Å². The van der Waals surface area contributed by atoms with Gasteiger partial charge in [-0.3, -0.25) is 9.80 Å². The molecule has 1 aromatic rings. The topological polar surface area (TPSA) is 41.6 Å². The van der Waals surface area contributed by atoms with Crippen molar-refractivity contribution >= 4 is 17.7 Å². The highest BCUT2D eigenvalue weighted by Gasteiger charge is 2.27. The second-order valence-corrected chi connectivity index (χ2v) is 4.80. The van der Waals surface area contributed by atoms with Crippen molar-refractivity contribution in [3.63, 3.8) is 0 Å². The molecule has 0 aliphatic carbocycles. The molecule has 0 aliphatic rings. The van der Waals surface area contributed by atoms with Crippen LogP contribution >= 0.6 is 11.8 Å². The Kier molecular flexibility index (Phi) is 4.37. The van der Waals surface area contributed by atoms with Crippen LogP contribution in [0.15, 0.2) is 24.3 Å². The third-order valence-corrected chi connectivity index (χ3v) is 2.44. The van der Waals surface area contributed by atoms with E-state index in [2.05, 4.69) is 4.94 Å². The maximum atomic E-state index is 12.2. The molecule has 1 N–H and O–H groups in total. The van der Waals surface area contributed by atoms with Crippen molar-refractivity contribution < 1.29 is 9.53 Å². The van der Waals surface area contributed by atoms with Crippen LogP contribution in [-0.4, -0.2) is 23.6 Å². The first-order valence-electron chi connectivity index (χ1n) is 5.25. The van der Waals surface area contributed by atoms with E-state index in [0.717, 1.165) is 0 Å². The molecule has 0 heterocycles. The highest BCUT2D eigenvalue weighted by molar-refractivity contribution is 6.14. The van der Waals surface area contributed by atoms with Gasteiger partial charge in [-0.15, -0.1) is 4.94 Å². The number of carbonyl (C=O) groups excluding carboxylic acids is 1. The van der Waals surface area contributed by atoms with Crippen molar-refractivity contribution in [2.24, 2.45) is 0 Å².